The Hall–Kier alpha value is -2.87. The van der Waals surface area contributed by atoms with Crippen molar-refractivity contribution in [1.29, 1.82) is 0 Å². The van der Waals surface area contributed by atoms with E-state index >= 15 is 0 Å². The van der Waals surface area contributed by atoms with Crippen LogP contribution in [0.5, 0.6) is 5.75 Å². The normalized spacial score (nSPS) is 32.7. The molecule has 0 unspecified atom stereocenters. The Morgan fingerprint density at radius 2 is 1.65 bits per heavy atom. The van der Waals surface area contributed by atoms with E-state index in [2.05, 4.69) is 4.74 Å². The van der Waals surface area contributed by atoms with Gasteiger partial charge in [-0.05, 0) is 47.0 Å². The number of carbonyl (C=O) groups excluding carboxylic acids is 2. The third-order valence-electron chi connectivity index (χ3n) is 8.77. The van der Waals surface area contributed by atoms with Crippen molar-refractivity contribution in [2.24, 2.45) is 11.3 Å². The van der Waals surface area contributed by atoms with Crippen LogP contribution in [0.15, 0.2) is 23.8 Å². The van der Waals surface area contributed by atoms with Gasteiger partial charge < -0.3 is 28.4 Å². The summed E-state index contributed by atoms with van der Waals surface area (Å²) in [7, 11) is 0. The standard InChI is InChI=1S/C33H39F5O8/c1-17-13-19(9-7-6-8-12-41-30(40)31(3,4)5)44-32(16-17)10-11-33(46-32)18(2)14-20-21(45-33)15-22(42-20)29(39)43-28-26(37)24(35)23(34)25(36)27(28)38/h7,9,13,18-22H,6,8,10-12,14-16H2,1-5H3/b9-7+/t18-,19-,20-,21-,22+,32-,33-/m1/s1. The molecule has 3 fully saturated rings. The fourth-order valence-electron chi connectivity index (χ4n) is 6.36. The Kier molecular flexibility index (Phi) is 9.72. The molecule has 2 spiro atoms. The second kappa shape index (κ2) is 13.0. The molecule has 46 heavy (non-hydrogen) atoms. The van der Waals surface area contributed by atoms with E-state index in [1.54, 1.807) is 20.8 Å². The van der Waals surface area contributed by atoms with Gasteiger partial charge in [0.05, 0.1) is 30.3 Å². The first-order valence-corrected chi connectivity index (χ1v) is 15.5. The molecular weight excluding hydrogens is 619 g/mol. The minimum absolute atomic E-state index is 0.0695. The van der Waals surface area contributed by atoms with Gasteiger partial charge in [0.2, 0.25) is 34.8 Å². The van der Waals surface area contributed by atoms with Crippen molar-refractivity contribution < 1.29 is 60.0 Å². The Labute approximate surface area is 264 Å². The first-order chi connectivity index (χ1) is 21.5. The predicted molar refractivity (Wildman–Crippen MR) is 152 cm³/mol. The Morgan fingerprint density at radius 3 is 2.33 bits per heavy atom. The van der Waals surface area contributed by atoms with E-state index in [1.165, 1.54) is 0 Å². The lowest BCUT2D eigenvalue weighted by Gasteiger charge is -2.46. The molecule has 0 bridgehead atoms. The lowest BCUT2D eigenvalue weighted by Crippen LogP contribution is -2.53. The van der Waals surface area contributed by atoms with Crippen molar-refractivity contribution in [3.63, 3.8) is 0 Å². The lowest BCUT2D eigenvalue weighted by atomic mass is 9.86. The molecule has 8 nitrogen and oxygen atoms in total. The van der Waals surface area contributed by atoms with Crippen LogP contribution in [0, 0.1) is 40.4 Å². The van der Waals surface area contributed by atoms with Crippen LogP contribution in [0.4, 0.5) is 22.0 Å². The van der Waals surface area contributed by atoms with Crippen LogP contribution in [-0.4, -0.2) is 54.5 Å². The molecule has 13 heteroatoms. The lowest BCUT2D eigenvalue weighted by molar-refractivity contribution is -0.366. The van der Waals surface area contributed by atoms with Crippen LogP contribution in [0.1, 0.15) is 79.6 Å². The van der Waals surface area contributed by atoms with Crippen LogP contribution in [0.25, 0.3) is 0 Å². The monoisotopic (exact) mass is 658 g/mol. The van der Waals surface area contributed by atoms with Gasteiger partial charge in [-0.3, -0.25) is 4.79 Å². The second-order valence-electron chi connectivity index (χ2n) is 13.6. The summed E-state index contributed by atoms with van der Waals surface area (Å²) in [6, 6.07) is 0. The number of halogens is 5. The number of rotatable bonds is 7. The maximum absolute atomic E-state index is 14.1. The van der Waals surface area contributed by atoms with Crippen molar-refractivity contribution in [2.45, 2.75) is 116 Å². The molecule has 4 aliphatic heterocycles. The van der Waals surface area contributed by atoms with Gasteiger partial charge >= 0.3 is 11.9 Å². The SMILES string of the molecule is CC1=C[C@@H](/C=C/CCCOC(=O)C(C)(C)C)O[C@@]2(CC[C@@]3(O[C@@H]4C[C@@H](C(=O)Oc5c(F)c(F)c(F)c(F)c5F)O[C@@H]4C[C@H]3C)O2)C1. The first-order valence-electron chi connectivity index (χ1n) is 15.5. The summed E-state index contributed by atoms with van der Waals surface area (Å²) in [6.07, 6.45) is 6.29. The first kappa shape index (κ1) is 34.5. The molecule has 0 amide bonds. The van der Waals surface area contributed by atoms with Crippen LogP contribution in [0.3, 0.4) is 0 Å². The van der Waals surface area contributed by atoms with Crippen molar-refractivity contribution in [2.75, 3.05) is 6.61 Å². The van der Waals surface area contributed by atoms with Crippen molar-refractivity contribution in [3.8, 4) is 5.75 Å². The number of carbonyl (C=O) groups is 2. The van der Waals surface area contributed by atoms with E-state index in [0.29, 0.717) is 45.1 Å². The Bertz CT molecular complexity index is 1390. The Morgan fingerprint density at radius 1 is 0.978 bits per heavy atom. The van der Waals surface area contributed by atoms with Gasteiger partial charge in [0.1, 0.15) is 0 Å². The minimum Gasteiger partial charge on any atom is -0.465 e. The summed E-state index contributed by atoms with van der Waals surface area (Å²) in [4.78, 5) is 24.7. The molecule has 0 saturated carbocycles. The highest BCUT2D eigenvalue weighted by Crippen LogP contribution is 2.53. The molecular formula is C33H39F5O8. The summed E-state index contributed by atoms with van der Waals surface area (Å²) in [6.45, 7) is 9.67. The molecule has 4 aliphatic rings. The van der Waals surface area contributed by atoms with E-state index in [-0.39, 0.29) is 24.4 Å². The van der Waals surface area contributed by atoms with E-state index in [0.717, 1.165) is 5.57 Å². The zero-order chi connectivity index (χ0) is 33.6. The average molecular weight is 659 g/mol. The van der Waals surface area contributed by atoms with Crippen LogP contribution in [0.2, 0.25) is 0 Å². The van der Waals surface area contributed by atoms with Gasteiger partial charge in [0.25, 0.3) is 0 Å². The van der Waals surface area contributed by atoms with Crippen molar-refractivity contribution in [1.82, 2.24) is 0 Å². The molecule has 0 aromatic heterocycles. The molecule has 254 valence electrons. The quantitative estimate of drug-likeness (QED) is 0.0606. The number of ether oxygens (including phenoxy) is 6. The zero-order valence-corrected chi connectivity index (χ0v) is 26.4. The highest BCUT2D eigenvalue weighted by atomic mass is 19.2. The summed E-state index contributed by atoms with van der Waals surface area (Å²) >= 11 is 0. The largest absolute Gasteiger partial charge is 0.465 e. The highest BCUT2D eigenvalue weighted by molar-refractivity contribution is 5.78. The number of esters is 2. The third-order valence-corrected chi connectivity index (χ3v) is 8.77. The molecule has 4 heterocycles. The van der Waals surface area contributed by atoms with Gasteiger partial charge in [-0.25, -0.2) is 18.0 Å². The van der Waals surface area contributed by atoms with Gasteiger partial charge in [-0.15, -0.1) is 0 Å². The molecule has 0 N–H and O–H groups in total. The third kappa shape index (κ3) is 6.88. The average Bonchev–Trinajstić information content (AvgIpc) is 3.55. The topological polar surface area (TPSA) is 89.5 Å². The summed E-state index contributed by atoms with van der Waals surface area (Å²) in [5, 5.41) is 0. The molecule has 7 atom stereocenters. The molecule has 3 saturated heterocycles. The van der Waals surface area contributed by atoms with Crippen LogP contribution < -0.4 is 4.74 Å². The summed E-state index contributed by atoms with van der Waals surface area (Å²) < 4.78 is 104. The maximum atomic E-state index is 14.1. The smallest absolute Gasteiger partial charge is 0.340 e. The van der Waals surface area contributed by atoms with Crippen molar-refractivity contribution in [3.05, 3.63) is 52.9 Å². The second-order valence-corrected chi connectivity index (χ2v) is 13.6. The fourth-order valence-corrected chi connectivity index (χ4v) is 6.36. The van der Waals surface area contributed by atoms with Gasteiger partial charge in [-0.2, -0.15) is 8.78 Å². The molecule has 1 aromatic carbocycles. The molecule has 0 radical (unpaired) electrons. The molecule has 5 rings (SSSR count). The highest BCUT2D eigenvalue weighted by Gasteiger charge is 2.60. The fraction of sp³-hybridized carbons (Fsp3) is 0.636. The van der Waals surface area contributed by atoms with Crippen LogP contribution >= 0.6 is 0 Å². The van der Waals surface area contributed by atoms with Gasteiger partial charge in [-0.1, -0.05) is 30.7 Å². The van der Waals surface area contributed by atoms with Gasteiger partial charge in [0, 0.05) is 31.6 Å². The predicted octanol–water partition coefficient (Wildman–Crippen LogP) is 6.73. The number of hydrogen-bond acceptors (Lipinski definition) is 8. The number of benzene rings is 1. The minimum atomic E-state index is -2.36. The van der Waals surface area contributed by atoms with E-state index in [1.807, 2.05) is 32.1 Å². The van der Waals surface area contributed by atoms with E-state index in [4.69, 9.17) is 23.7 Å². The number of unbranched alkanes of at least 4 members (excludes halogenated alkanes) is 1. The zero-order valence-electron chi connectivity index (χ0n) is 26.4. The van der Waals surface area contributed by atoms with Crippen LogP contribution in [-0.2, 0) is 33.3 Å². The summed E-state index contributed by atoms with van der Waals surface area (Å²) in [5.74, 6) is -16.7. The van der Waals surface area contributed by atoms with E-state index < -0.39 is 76.1 Å². The molecule has 0 aliphatic carbocycles. The number of fused-ring (bicyclic) bond motifs is 1. The summed E-state index contributed by atoms with van der Waals surface area (Å²) in [5.41, 5.74) is 0.536. The molecule has 1 aromatic rings. The van der Waals surface area contributed by atoms with Gasteiger partial charge in [0.15, 0.2) is 17.7 Å². The van der Waals surface area contributed by atoms with Crippen molar-refractivity contribution >= 4 is 11.9 Å². The number of allylic oxidation sites excluding steroid dienone is 1. The number of hydrogen-bond donors (Lipinski definition) is 0. The van der Waals surface area contributed by atoms with E-state index in [9.17, 15) is 31.5 Å². The Balaban J connectivity index is 1.18. The maximum Gasteiger partial charge on any atom is 0.340 e.